The van der Waals surface area contributed by atoms with Crippen LogP contribution in [0.2, 0.25) is 0 Å². The third-order valence-electron chi connectivity index (χ3n) is 3.11. The van der Waals surface area contributed by atoms with Gasteiger partial charge in [-0.2, -0.15) is 0 Å². The summed E-state index contributed by atoms with van der Waals surface area (Å²) in [6.45, 7) is 5.61. The molecule has 0 bridgehead atoms. The lowest BCUT2D eigenvalue weighted by molar-refractivity contribution is 0.334. The van der Waals surface area contributed by atoms with Crippen molar-refractivity contribution in [3.05, 3.63) is 28.2 Å². The highest BCUT2D eigenvalue weighted by molar-refractivity contribution is 9.10. The predicted molar refractivity (Wildman–Crippen MR) is 82.8 cm³/mol. The van der Waals surface area contributed by atoms with Crippen LogP contribution in [0.25, 0.3) is 0 Å². The fraction of sp³-hybridized carbons (Fsp3) is 0.538. The molecule has 19 heavy (non-hydrogen) atoms. The van der Waals surface area contributed by atoms with Gasteiger partial charge >= 0.3 is 0 Å². The van der Waals surface area contributed by atoms with Crippen molar-refractivity contribution >= 4 is 37.4 Å². The Morgan fingerprint density at radius 1 is 1.42 bits per heavy atom. The van der Waals surface area contributed by atoms with Crippen LogP contribution in [-0.4, -0.2) is 26.0 Å². The molecule has 6 heteroatoms. The van der Waals surface area contributed by atoms with Gasteiger partial charge in [0.15, 0.2) is 9.84 Å². The first kappa shape index (κ1) is 16.8. The molecule has 1 atom stereocenters. The Labute approximate surface area is 128 Å². The topological polar surface area (TPSA) is 43.4 Å². The van der Waals surface area contributed by atoms with Gasteiger partial charge in [-0.25, -0.2) is 8.42 Å². The third-order valence-corrected chi connectivity index (χ3v) is 6.66. The Hall–Kier alpha value is -0.260. The maximum atomic E-state index is 11.9. The van der Waals surface area contributed by atoms with E-state index >= 15 is 0 Å². The van der Waals surface area contributed by atoms with Crippen LogP contribution in [0.5, 0.6) is 5.75 Å². The molecule has 0 fully saturated rings. The molecule has 0 aliphatic carbocycles. The molecule has 108 valence electrons. The Morgan fingerprint density at radius 2 is 2.00 bits per heavy atom. The van der Waals surface area contributed by atoms with Gasteiger partial charge in [0, 0.05) is 16.3 Å². The summed E-state index contributed by atoms with van der Waals surface area (Å²) in [6, 6.07) is 5.43. The van der Waals surface area contributed by atoms with E-state index in [0.29, 0.717) is 17.9 Å². The van der Waals surface area contributed by atoms with Crippen LogP contribution in [0.1, 0.15) is 31.7 Å². The first-order valence-corrected chi connectivity index (χ1v) is 8.99. The van der Waals surface area contributed by atoms with Crippen LogP contribution in [0.3, 0.4) is 0 Å². The van der Waals surface area contributed by atoms with Gasteiger partial charge in [0.2, 0.25) is 0 Å². The number of halogens is 2. The average Bonchev–Trinajstić information content (AvgIpc) is 2.29. The Balaban J connectivity index is 3.33. The second kappa shape index (κ2) is 6.02. The number of sulfone groups is 1. The minimum atomic E-state index is -3.30. The van der Waals surface area contributed by atoms with Crippen molar-refractivity contribution in [2.24, 2.45) is 0 Å². The second-order valence-electron chi connectivity index (χ2n) is 4.85. The van der Waals surface area contributed by atoms with Crippen LogP contribution < -0.4 is 4.74 Å². The normalized spacial score (nSPS) is 14.2. The van der Waals surface area contributed by atoms with Crippen LogP contribution in [0.15, 0.2) is 22.7 Å². The van der Waals surface area contributed by atoms with Gasteiger partial charge in [-0.05, 0) is 39.0 Å². The van der Waals surface area contributed by atoms with Gasteiger partial charge in [0.25, 0.3) is 0 Å². The number of ether oxygens (including phenoxy) is 1. The molecule has 3 nitrogen and oxygen atoms in total. The zero-order chi connectivity index (χ0) is 14.8. The van der Waals surface area contributed by atoms with E-state index in [4.69, 9.17) is 16.3 Å². The maximum absolute atomic E-state index is 11.9. The molecule has 0 aliphatic heterocycles. The number of alkyl halides is 1. The summed E-state index contributed by atoms with van der Waals surface area (Å²) >= 11 is 9.78. The van der Waals surface area contributed by atoms with Crippen molar-refractivity contribution in [3.8, 4) is 5.75 Å². The molecule has 0 amide bonds. The summed E-state index contributed by atoms with van der Waals surface area (Å²) in [5.74, 6) is 0.613. The number of benzene rings is 1. The Bertz CT molecular complexity index is 555. The van der Waals surface area contributed by atoms with Gasteiger partial charge in [-0.3, -0.25) is 0 Å². The molecule has 0 aromatic heterocycles. The summed E-state index contributed by atoms with van der Waals surface area (Å²) in [7, 11) is -3.30. The Morgan fingerprint density at radius 3 is 2.47 bits per heavy atom. The smallest absolute Gasteiger partial charge is 0.154 e. The first-order valence-electron chi connectivity index (χ1n) is 5.87. The predicted octanol–water partition coefficient (Wildman–Crippen LogP) is 3.95. The minimum absolute atomic E-state index is 0.498. The summed E-state index contributed by atoms with van der Waals surface area (Å²) in [6.07, 6.45) is 1.20. The fourth-order valence-electron chi connectivity index (χ4n) is 1.57. The molecule has 0 spiro atoms. The lowest BCUT2D eigenvalue weighted by Crippen LogP contribution is -2.35. The van der Waals surface area contributed by atoms with Crippen LogP contribution in [-0.2, 0) is 9.84 Å². The summed E-state index contributed by atoms with van der Waals surface area (Å²) < 4.78 is 29.0. The molecular formula is C13H18BrClO3S. The molecule has 0 saturated heterocycles. The highest BCUT2D eigenvalue weighted by Gasteiger charge is 2.40. The van der Waals surface area contributed by atoms with Crippen molar-refractivity contribution in [2.45, 2.75) is 30.9 Å². The largest absolute Gasteiger partial charge is 0.494 e. The molecule has 0 saturated carbocycles. The summed E-state index contributed by atoms with van der Waals surface area (Å²) in [5.41, 5.74) is 0.674. The lowest BCUT2D eigenvalue weighted by atomic mass is 10.0. The molecule has 0 radical (unpaired) electrons. The van der Waals surface area contributed by atoms with Gasteiger partial charge in [-0.15, -0.1) is 11.6 Å². The van der Waals surface area contributed by atoms with Gasteiger partial charge < -0.3 is 4.74 Å². The zero-order valence-corrected chi connectivity index (χ0v) is 14.6. The van der Waals surface area contributed by atoms with Crippen molar-refractivity contribution in [2.75, 3.05) is 12.9 Å². The van der Waals surface area contributed by atoms with Gasteiger partial charge in [0.1, 0.15) is 5.75 Å². The Kier molecular flexibility index (Phi) is 5.32. The van der Waals surface area contributed by atoms with E-state index in [0.717, 1.165) is 4.47 Å². The van der Waals surface area contributed by atoms with E-state index in [9.17, 15) is 8.42 Å². The fourth-order valence-corrected chi connectivity index (χ4v) is 3.10. The quantitative estimate of drug-likeness (QED) is 0.738. The maximum Gasteiger partial charge on any atom is 0.154 e. The number of rotatable bonds is 5. The molecule has 1 unspecified atom stereocenters. The zero-order valence-electron chi connectivity index (χ0n) is 11.4. The van der Waals surface area contributed by atoms with E-state index in [2.05, 4.69) is 15.9 Å². The summed E-state index contributed by atoms with van der Waals surface area (Å²) in [4.78, 5) is 0. The second-order valence-corrected chi connectivity index (χ2v) is 8.80. The first-order chi connectivity index (χ1) is 8.61. The highest BCUT2D eigenvalue weighted by Crippen LogP contribution is 2.42. The highest BCUT2D eigenvalue weighted by atomic mass is 79.9. The van der Waals surface area contributed by atoms with E-state index in [1.54, 1.807) is 26.0 Å². The van der Waals surface area contributed by atoms with Gasteiger partial charge in [-0.1, -0.05) is 15.9 Å². The molecular weight excluding hydrogens is 352 g/mol. The minimum Gasteiger partial charge on any atom is -0.494 e. The third kappa shape index (κ3) is 3.64. The van der Waals surface area contributed by atoms with Crippen LogP contribution >= 0.6 is 27.5 Å². The van der Waals surface area contributed by atoms with E-state index < -0.39 is 20.0 Å². The van der Waals surface area contributed by atoms with Crippen molar-refractivity contribution in [1.82, 2.24) is 0 Å². The molecule has 0 heterocycles. The molecule has 1 aromatic carbocycles. The number of hydrogen-bond acceptors (Lipinski definition) is 3. The van der Waals surface area contributed by atoms with E-state index in [1.807, 2.05) is 13.0 Å². The van der Waals surface area contributed by atoms with Crippen LogP contribution in [0.4, 0.5) is 0 Å². The van der Waals surface area contributed by atoms with E-state index in [-0.39, 0.29) is 0 Å². The standard InChI is InChI=1S/C13H18BrClO3S/c1-5-18-11-7-6-9(14)8-10(11)12(15)13(2,3)19(4,16)17/h6-8,12H,5H2,1-4H3. The van der Waals surface area contributed by atoms with Crippen molar-refractivity contribution in [1.29, 1.82) is 0 Å². The molecule has 0 N–H and O–H groups in total. The summed E-state index contributed by atoms with van der Waals surface area (Å²) in [5, 5.41) is -0.693. The lowest BCUT2D eigenvalue weighted by Gasteiger charge is -2.29. The van der Waals surface area contributed by atoms with E-state index in [1.165, 1.54) is 6.26 Å². The molecule has 1 rings (SSSR count). The SMILES string of the molecule is CCOc1ccc(Br)cc1C(Cl)C(C)(C)S(C)(=O)=O. The molecule has 0 aliphatic rings. The number of hydrogen-bond donors (Lipinski definition) is 0. The van der Waals surface area contributed by atoms with Crippen LogP contribution in [0, 0.1) is 0 Å². The average molecular weight is 370 g/mol. The van der Waals surface area contributed by atoms with Crippen molar-refractivity contribution in [3.63, 3.8) is 0 Å². The molecule has 1 aromatic rings. The van der Waals surface area contributed by atoms with Gasteiger partial charge in [0.05, 0.1) is 16.7 Å². The van der Waals surface area contributed by atoms with Crippen molar-refractivity contribution < 1.29 is 13.2 Å². The monoisotopic (exact) mass is 368 g/mol.